The van der Waals surface area contributed by atoms with Crippen LogP contribution in [0.15, 0.2) is 29.5 Å². The first kappa shape index (κ1) is 30.8. The minimum Gasteiger partial charge on any atom is -0.475 e. The van der Waals surface area contributed by atoms with Crippen molar-refractivity contribution in [2.24, 2.45) is 16.8 Å². The van der Waals surface area contributed by atoms with E-state index >= 15 is 0 Å². The number of primary amides is 1. The lowest BCUT2D eigenvalue weighted by Crippen LogP contribution is -2.50. The van der Waals surface area contributed by atoms with Crippen molar-refractivity contribution < 1.29 is 22.7 Å². The molecule has 0 radical (unpaired) electrons. The summed E-state index contributed by atoms with van der Waals surface area (Å²) >= 11 is 0. The number of ether oxygens (including phenoxy) is 2. The predicted octanol–water partition coefficient (Wildman–Crippen LogP) is 2.63. The molecule has 1 amide bonds. The number of nitrogens with two attached hydrogens (primary N) is 1. The zero-order valence-electron chi connectivity index (χ0n) is 26.0. The predicted molar refractivity (Wildman–Crippen MR) is 168 cm³/mol. The molecular weight excluding hydrogens is 584 g/mol. The van der Waals surface area contributed by atoms with Crippen molar-refractivity contribution >= 4 is 39.0 Å². The Balaban J connectivity index is 1.54. The molecule has 3 fully saturated rings. The third kappa shape index (κ3) is 5.26. The number of amides is 1. The summed E-state index contributed by atoms with van der Waals surface area (Å²) < 4.78 is 40.7. The van der Waals surface area contributed by atoms with Crippen LogP contribution in [0.2, 0.25) is 0 Å². The van der Waals surface area contributed by atoms with E-state index in [0.717, 1.165) is 81.5 Å². The maximum absolute atomic E-state index is 14.6. The van der Waals surface area contributed by atoms with Gasteiger partial charge in [0.2, 0.25) is 5.88 Å². The molecule has 1 unspecified atom stereocenters. The van der Waals surface area contributed by atoms with Gasteiger partial charge in [-0.15, -0.1) is 0 Å². The van der Waals surface area contributed by atoms with E-state index in [9.17, 15) is 13.2 Å². The second-order valence-electron chi connectivity index (χ2n) is 12.4. The molecule has 2 saturated heterocycles. The number of carbonyl (C=O) groups excluding carboxylic acids is 1. The minimum absolute atomic E-state index is 0.00304. The summed E-state index contributed by atoms with van der Waals surface area (Å²) in [6.45, 7) is 8.60. The molecule has 2 N–H and O–H groups in total. The highest BCUT2D eigenvalue weighted by Gasteiger charge is 2.59. The lowest BCUT2D eigenvalue weighted by Gasteiger charge is -2.41. The van der Waals surface area contributed by atoms with Crippen molar-refractivity contribution in [2.45, 2.75) is 58.1 Å². The van der Waals surface area contributed by atoms with E-state index in [-0.39, 0.29) is 29.4 Å². The molecule has 1 atom stereocenters. The Labute approximate surface area is 259 Å². The molecule has 0 aromatic carbocycles. The summed E-state index contributed by atoms with van der Waals surface area (Å²) in [5, 5.41) is 5.12. The number of pyridine rings is 2. The van der Waals surface area contributed by atoms with Crippen molar-refractivity contribution in [1.29, 1.82) is 0 Å². The first-order chi connectivity index (χ1) is 21.0. The summed E-state index contributed by atoms with van der Waals surface area (Å²) in [7, 11) is -1.31. The number of quaternary nitrogens is 1. The van der Waals surface area contributed by atoms with Crippen LogP contribution in [0.4, 0.5) is 17.2 Å². The molecule has 6 rings (SSSR count). The van der Waals surface area contributed by atoms with Crippen LogP contribution in [0.25, 0.3) is 0 Å². The van der Waals surface area contributed by atoms with Crippen molar-refractivity contribution in [3.8, 4) is 5.88 Å². The molecule has 44 heavy (non-hydrogen) atoms. The Hall–Kier alpha value is -3.17. The molecule has 3 aliphatic heterocycles. The third-order valence-electron chi connectivity index (χ3n) is 9.10. The lowest BCUT2D eigenvalue weighted by molar-refractivity contribution is 0.0115. The normalized spacial score (nSPS) is 23.5. The van der Waals surface area contributed by atoms with Gasteiger partial charge in [-0.05, 0) is 45.6 Å². The molecular formula is C30H43N8O5S+. The van der Waals surface area contributed by atoms with Gasteiger partial charge in [-0.25, -0.2) is 4.98 Å². The summed E-state index contributed by atoms with van der Waals surface area (Å²) in [4.78, 5) is 26.6. The second-order valence-corrected chi connectivity index (χ2v) is 14.6. The molecule has 2 aromatic heterocycles. The highest BCUT2D eigenvalue weighted by atomic mass is 32.2. The van der Waals surface area contributed by atoms with Gasteiger partial charge in [0.05, 0.1) is 31.1 Å². The van der Waals surface area contributed by atoms with E-state index < -0.39 is 20.1 Å². The van der Waals surface area contributed by atoms with E-state index in [1.165, 1.54) is 20.3 Å². The molecule has 14 heteroatoms. The Kier molecular flexibility index (Phi) is 8.39. The Bertz CT molecular complexity index is 1550. The summed E-state index contributed by atoms with van der Waals surface area (Å²) in [5.74, 6) is -0.225. The van der Waals surface area contributed by atoms with E-state index in [1.54, 1.807) is 18.2 Å². The van der Waals surface area contributed by atoms with Gasteiger partial charge in [0.15, 0.2) is 5.69 Å². The van der Waals surface area contributed by atoms with Crippen molar-refractivity contribution in [2.75, 3.05) is 58.4 Å². The average molecular weight is 628 g/mol. The summed E-state index contributed by atoms with van der Waals surface area (Å²) in [6, 6.07) is 5.40. The third-order valence-corrected chi connectivity index (χ3v) is 11.2. The number of nitrogens with zero attached hydrogens (tertiary/aromatic N) is 7. The smallest absolute Gasteiger partial charge is 0.408 e. The first-order valence-corrected chi connectivity index (χ1v) is 16.9. The van der Waals surface area contributed by atoms with Crippen LogP contribution in [-0.4, -0.2) is 105 Å². The molecule has 13 nitrogen and oxygen atoms in total. The minimum atomic E-state index is -4.27. The zero-order valence-corrected chi connectivity index (χ0v) is 26.8. The SMILES string of the molecule is CC(C)Oc1cc([N+]2(S(=O)(=O)N(C)C)N=C(C3CCC3)c3c(N4CCC(N5CCOCC5)CC4)cc(C(N)=O)nc32)ccn1. The van der Waals surface area contributed by atoms with Crippen LogP contribution < -0.4 is 19.4 Å². The Morgan fingerprint density at radius 3 is 2.41 bits per heavy atom. The van der Waals surface area contributed by atoms with Crippen LogP contribution in [-0.2, 0) is 14.9 Å². The molecule has 0 spiro atoms. The van der Waals surface area contributed by atoms with Crippen LogP contribution >= 0.6 is 0 Å². The van der Waals surface area contributed by atoms with Gasteiger partial charge in [-0.3, -0.25) is 9.69 Å². The lowest BCUT2D eigenvalue weighted by atomic mass is 9.79. The quantitative estimate of drug-likeness (QED) is 0.415. The number of carbonyl (C=O) groups is 1. The number of hydrogen-bond donors (Lipinski definition) is 1. The van der Waals surface area contributed by atoms with E-state index in [1.807, 2.05) is 13.8 Å². The number of anilines is 1. The van der Waals surface area contributed by atoms with Crippen molar-refractivity contribution in [3.05, 3.63) is 35.7 Å². The highest BCUT2D eigenvalue weighted by molar-refractivity contribution is 7.88. The largest absolute Gasteiger partial charge is 0.475 e. The molecule has 5 heterocycles. The van der Waals surface area contributed by atoms with Gasteiger partial charge in [0.25, 0.3) is 11.7 Å². The summed E-state index contributed by atoms with van der Waals surface area (Å²) in [6.07, 6.45) is 6.05. The number of piperidine rings is 1. The van der Waals surface area contributed by atoms with Gasteiger partial charge in [-0.2, -0.15) is 17.7 Å². The Morgan fingerprint density at radius 1 is 1.11 bits per heavy atom. The molecule has 0 bridgehead atoms. The van der Waals surface area contributed by atoms with Gasteiger partial charge >= 0.3 is 10.2 Å². The van der Waals surface area contributed by atoms with Crippen LogP contribution in [0.3, 0.4) is 0 Å². The molecule has 238 valence electrons. The monoisotopic (exact) mass is 627 g/mol. The van der Waals surface area contributed by atoms with Crippen LogP contribution in [0, 0.1) is 5.92 Å². The Morgan fingerprint density at radius 2 is 1.82 bits per heavy atom. The number of aromatic nitrogens is 2. The molecule has 1 saturated carbocycles. The fourth-order valence-electron chi connectivity index (χ4n) is 6.59. The topological polar surface area (TPSA) is 144 Å². The van der Waals surface area contributed by atoms with E-state index in [0.29, 0.717) is 23.0 Å². The van der Waals surface area contributed by atoms with Gasteiger partial charge < -0.3 is 20.1 Å². The number of morpholine rings is 1. The van der Waals surface area contributed by atoms with E-state index in [4.69, 9.17) is 25.3 Å². The average Bonchev–Trinajstić information content (AvgIpc) is 3.32. The zero-order chi connectivity index (χ0) is 31.2. The van der Waals surface area contributed by atoms with Crippen LogP contribution in [0.1, 0.15) is 62.0 Å². The fourth-order valence-corrected chi connectivity index (χ4v) is 7.99. The fraction of sp³-hybridized carbons (Fsp3) is 0.600. The van der Waals surface area contributed by atoms with Gasteiger partial charge in [-0.1, -0.05) is 11.5 Å². The van der Waals surface area contributed by atoms with E-state index in [2.05, 4.69) is 14.8 Å². The first-order valence-electron chi connectivity index (χ1n) is 15.5. The summed E-state index contributed by atoms with van der Waals surface area (Å²) in [5.41, 5.74) is 8.30. The second kappa shape index (κ2) is 12.0. The standard InChI is InChI=1S/C30H42N8O5S/c1-20(2)43-26-18-23(8-11-32-26)38(44(40,41)35(3)4)30-27(28(34-38)21-6-5-7-21)25(19-24(33-30)29(31)39)37-12-9-22(10-13-37)36-14-16-42-17-15-36/h8,11,18-22H,5-7,9-10,12-17H2,1-4H3,(H-,31,39)/p+1. The maximum atomic E-state index is 14.6. The van der Waals surface area contributed by atoms with Crippen molar-refractivity contribution in [3.63, 3.8) is 0 Å². The maximum Gasteiger partial charge on any atom is 0.408 e. The van der Waals surface area contributed by atoms with Gasteiger partial charge in [0, 0.05) is 68.5 Å². The molecule has 2 aromatic rings. The van der Waals surface area contributed by atoms with Crippen molar-refractivity contribution in [1.82, 2.24) is 23.2 Å². The molecule has 1 aliphatic carbocycles. The number of rotatable bonds is 9. The van der Waals surface area contributed by atoms with Crippen LogP contribution in [0.5, 0.6) is 5.88 Å². The van der Waals surface area contributed by atoms with Gasteiger partial charge in [0.1, 0.15) is 17.0 Å². The molecule has 4 aliphatic rings. The number of hydrogen-bond acceptors (Lipinski definition) is 10. The number of fused-ring (bicyclic) bond motifs is 1. The highest BCUT2D eigenvalue weighted by Crippen LogP contribution is 2.52.